The number of para-hydroxylation sites is 1. The third kappa shape index (κ3) is 7.00. The Labute approximate surface area is 203 Å². The van der Waals surface area contributed by atoms with Crippen molar-refractivity contribution >= 4 is 29.5 Å². The Morgan fingerprint density at radius 1 is 1.09 bits per heavy atom. The van der Waals surface area contributed by atoms with E-state index in [1.54, 1.807) is 48.8 Å². The fourth-order valence-electron chi connectivity index (χ4n) is 3.78. The minimum Gasteiger partial charge on any atom is -0.467 e. The van der Waals surface area contributed by atoms with E-state index in [-0.39, 0.29) is 32.7 Å². The van der Waals surface area contributed by atoms with Crippen molar-refractivity contribution in [1.29, 1.82) is 0 Å². The van der Waals surface area contributed by atoms with Crippen molar-refractivity contribution in [3.8, 4) is 0 Å². The van der Waals surface area contributed by atoms with Crippen LogP contribution in [0, 0.1) is 0 Å². The molecule has 2 aromatic rings. The molecule has 1 aromatic heterocycles. The summed E-state index contributed by atoms with van der Waals surface area (Å²) < 4.78 is 9.82. The van der Waals surface area contributed by atoms with Crippen LogP contribution in [-0.4, -0.2) is 91.1 Å². The second kappa shape index (κ2) is 12.5. The summed E-state index contributed by atoms with van der Waals surface area (Å²) in [4.78, 5) is 58.1. The highest BCUT2D eigenvalue weighted by molar-refractivity contribution is 5.94. The lowest BCUT2D eigenvalue weighted by atomic mass is 10.1. The predicted molar refractivity (Wildman–Crippen MR) is 126 cm³/mol. The summed E-state index contributed by atoms with van der Waals surface area (Å²) in [6.07, 6.45) is 3.35. The van der Waals surface area contributed by atoms with Gasteiger partial charge in [-0.15, -0.1) is 0 Å². The molecule has 4 amide bonds. The summed E-state index contributed by atoms with van der Waals surface area (Å²) in [5.41, 5.74) is 1.33. The summed E-state index contributed by atoms with van der Waals surface area (Å²) in [5.74, 6) is -1.60. The zero-order chi connectivity index (χ0) is 25.2. The Balaban J connectivity index is 1.76. The molecule has 3 rings (SSSR count). The number of carbonyl (C=O) groups excluding carboxylic acids is 4. The number of urea groups is 1. The van der Waals surface area contributed by atoms with Crippen LogP contribution in [0.1, 0.15) is 5.56 Å². The van der Waals surface area contributed by atoms with E-state index >= 15 is 0 Å². The number of nitrogens with one attached hydrogen (secondary N) is 2. The van der Waals surface area contributed by atoms with Crippen LogP contribution in [0.15, 0.2) is 54.9 Å². The molecule has 0 spiro atoms. The molecule has 2 N–H and O–H groups in total. The summed E-state index contributed by atoms with van der Waals surface area (Å²) in [5, 5.41) is 5.47. The Morgan fingerprint density at radius 3 is 2.51 bits per heavy atom. The van der Waals surface area contributed by atoms with E-state index in [1.165, 1.54) is 24.0 Å². The van der Waals surface area contributed by atoms with Gasteiger partial charge in [-0.3, -0.25) is 14.6 Å². The van der Waals surface area contributed by atoms with Crippen LogP contribution >= 0.6 is 0 Å². The van der Waals surface area contributed by atoms with Gasteiger partial charge in [-0.05, 0) is 23.8 Å². The molecule has 2 atom stereocenters. The maximum Gasteiger partial charge on any atom is 0.328 e. The van der Waals surface area contributed by atoms with Gasteiger partial charge in [-0.25, -0.2) is 9.59 Å². The third-order valence-electron chi connectivity index (χ3n) is 5.55. The monoisotopic (exact) mass is 483 g/mol. The van der Waals surface area contributed by atoms with Crippen molar-refractivity contribution in [1.82, 2.24) is 20.1 Å². The fourth-order valence-corrected chi connectivity index (χ4v) is 3.78. The number of hydrogen-bond acceptors (Lipinski definition) is 7. The zero-order valence-corrected chi connectivity index (χ0v) is 19.7. The second-order valence-electron chi connectivity index (χ2n) is 7.93. The summed E-state index contributed by atoms with van der Waals surface area (Å²) in [7, 11) is 2.62. The average Bonchev–Trinajstić information content (AvgIpc) is 2.88. The van der Waals surface area contributed by atoms with Crippen LogP contribution < -0.4 is 10.6 Å². The molecule has 0 unspecified atom stereocenters. The summed E-state index contributed by atoms with van der Waals surface area (Å²) in [6, 6.07) is 10.0. The lowest BCUT2D eigenvalue weighted by molar-refractivity contribution is -0.149. The first-order chi connectivity index (χ1) is 16.9. The number of esters is 1. The Morgan fingerprint density at radius 2 is 1.86 bits per heavy atom. The summed E-state index contributed by atoms with van der Waals surface area (Å²) in [6.45, 7) is 0.0961. The van der Waals surface area contributed by atoms with Gasteiger partial charge in [0.25, 0.3) is 0 Å². The number of hydrogen-bond donors (Lipinski definition) is 2. The number of benzene rings is 1. The minimum absolute atomic E-state index is 0.0548. The van der Waals surface area contributed by atoms with Gasteiger partial charge in [0.2, 0.25) is 11.8 Å². The number of pyridine rings is 1. The molecule has 0 bridgehead atoms. The first-order valence-corrected chi connectivity index (χ1v) is 11.1. The number of carbonyl (C=O) groups is 4. The van der Waals surface area contributed by atoms with Crippen LogP contribution in [-0.2, 0) is 30.3 Å². The van der Waals surface area contributed by atoms with Gasteiger partial charge in [-0.1, -0.05) is 24.3 Å². The lowest BCUT2D eigenvalue weighted by Gasteiger charge is -2.40. The highest BCUT2D eigenvalue weighted by atomic mass is 16.5. The molecular formula is C24H29N5O6. The summed E-state index contributed by atoms with van der Waals surface area (Å²) >= 11 is 0. The van der Waals surface area contributed by atoms with E-state index in [1.807, 2.05) is 6.07 Å². The first-order valence-electron chi connectivity index (χ1n) is 11.1. The third-order valence-corrected chi connectivity index (χ3v) is 5.55. The maximum absolute atomic E-state index is 13.3. The van der Waals surface area contributed by atoms with Crippen molar-refractivity contribution in [3.63, 3.8) is 0 Å². The molecule has 1 aromatic carbocycles. The van der Waals surface area contributed by atoms with Crippen molar-refractivity contribution in [2.75, 3.05) is 45.8 Å². The number of piperazine rings is 1. The Kier molecular flexibility index (Phi) is 9.13. The smallest absolute Gasteiger partial charge is 0.328 e. The van der Waals surface area contributed by atoms with E-state index in [9.17, 15) is 19.2 Å². The number of methoxy groups -OCH3 is 2. The largest absolute Gasteiger partial charge is 0.467 e. The number of ether oxygens (including phenoxy) is 2. The number of rotatable bonds is 8. The van der Waals surface area contributed by atoms with E-state index in [4.69, 9.17) is 9.47 Å². The zero-order valence-electron chi connectivity index (χ0n) is 19.7. The first kappa shape index (κ1) is 25.6. The van der Waals surface area contributed by atoms with Crippen LogP contribution in [0.4, 0.5) is 10.5 Å². The number of anilines is 1. The molecule has 2 heterocycles. The van der Waals surface area contributed by atoms with Crippen molar-refractivity contribution in [2.45, 2.75) is 18.5 Å². The molecule has 186 valence electrons. The van der Waals surface area contributed by atoms with Crippen LogP contribution in [0.5, 0.6) is 0 Å². The highest BCUT2D eigenvalue weighted by Gasteiger charge is 2.38. The van der Waals surface area contributed by atoms with Gasteiger partial charge in [0, 0.05) is 44.7 Å². The van der Waals surface area contributed by atoms with Crippen molar-refractivity contribution < 1.29 is 28.7 Å². The van der Waals surface area contributed by atoms with E-state index < -0.39 is 35.9 Å². The molecule has 0 radical (unpaired) electrons. The van der Waals surface area contributed by atoms with Gasteiger partial charge in [0.1, 0.15) is 18.7 Å². The molecule has 1 fully saturated rings. The van der Waals surface area contributed by atoms with Gasteiger partial charge < -0.3 is 29.9 Å². The molecule has 35 heavy (non-hydrogen) atoms. The normalized spacial score (nSPS) is 16.2. The van der Waals surface area contributed by atoms with E-state index in [0.717, 1.165) is 5.56 Å². The molecule has 11 nitrogen and oxygen atoms in total. The molecular weight excluding hydrogens is 454 g/mol. The van der Waals surface area contributed by atoms with Crippen LogP contribution in [0.2, 0.25) is 0 Å². The van der Waals surface area contributed by atoms with Gasteiger partial charge in [-0.2, -0.15) is 0 Å². The van der Waals surface area contributed by atoms with Gasteiger partial charge in [0.15, 0.2) is 0 Å². The molecule has 1 aliphatic rings. The van der Waals surface area contributed by atoms with E-state index in [2.05, 4.69) is 15.6 Å². The topological polar surface area (TPSA) is 130 Å². The van der Waals surface area contributed by atoms with Crippen LogP contribution in [0.3, 0.4) is 0 Å². The van der Waals surface area contributed by atoms with Gasteiger partial charge >= 0.3 is 12.0 Å². The molecule has 0 saturated carbocycles. The standard InChI is InChI=1S/C24H29N5O6/c1-34-16-21(30)29-12-11-28(24(33)26-18-8-4-3-5-9-18)15-20(29)22(31)27-19(23(32)35-2)13-17-7-6-10-25-14-17/h3-10,14,19-20H,11-13,15-16H2,1-2H3,(H,26,33)(H,27,31)/t19-,20-/m1/s1. The Bertz CT molecular complexity index is 1020. The van der Waals surface area contributed by atoms with Crippen LogP contribution in [0.25, 0.3) is 0 Å². The molecule has 1 saturated heterocycles. The maximum atomic E-state index is 13.3. The molecule has 1 aliphatic heterocycles. The fraction of sp³-hybridized carbons (Fsp3) is 0.375. The van der Waals surface area contributed by atoms with Crippen molar-refractivity contribution in [2.24, 2.45) is 0 Å². The molecule has 11 heteroatoms. The second-order valence-corrected chi connectivity index (χ2v) is 7.93. The lowest BCUT2D eigenvalue weighted by Crippen LogP contribution is -2.63. The molecule has 0 aliphatic carbocycles. The highest BCUT2D eigenvalue weighted by Crippen LogP contribution is 2.15. The predicted octanol–water partition coefficient (Wildman–Crippen LogP) is 0.673. The average molecular weight is 484 g/mol. The van der Waals surface area contributed by atoms with Gasteiger partial charge in [0.05, 0.1) is 13.7 Å². The number of aromatic nitrogens is 1. The van der Waals surface area contributed by atoms with Crippen molar-refractivity contribution in [3.05, 3.63) is 60.4 Å². The quantitative estimate of drug-likeness (QED) is 0.528. The SMILES string of the molecule is COCC(=O)N1CCN(C(=O)Nc2ccccc2)C[C@@H]1C(=O)N[C@H](Cc1cccnc1)C(=O)OC. The number of nitrogens with zero attached hydrogens (tertiary/aromatic N) is 3. The van der Waals surface area contributed by atoms with E-state index in [0.29, 0.717) is 5.69 Å². The number of amides is 4. The Hall–Kier alpha value is -3.99. The minimum atomic E-state index is -1.02.